The fourth-order valence-corrected chi connectivity index (χ4v) is 5.38. The summed E-state index contributed by atoms with van der Waals surface area (Å²) in [7, 11) is 0. The molecule has 12 heteroatoms. The number of aliphatic hydroxyl groups is 1. The van der Waals surface area contributed by atoms with Crippen LogP contribution in [0.3, 0.4) is 0 Å². The van der Waals surface area contributed by atoms with E-state index in [1.807, 2.05) is 0 Å². The average Bonchev–Trinajstić information content (AvgIpc) is 3.28. The maximum absolute atomic E-state index is 13.4. The van der Waals surface area contributed by atoms with Gasteiger partial charge in [0.1, 0.15) is 23.7 Å². The second kappa shape index (κ2) is 10.7. The molecule has 0 aromatic heterocycles. The van der Waals surface area contributed by atoms with Gasteiger partial charge in [0.2, 0.25) is 0 Å². The van der Waals surface area contributed by atoms with E-state index in [2.05, 4.69) is 0 Å². The summed E-state index contributed by atoms with van der Waals surface area (Å²) < 4.78 is 17.5. The molecule has 3 aromatic carbocycles. The molecule has 0 spiro atoms. The molecule has 5 rings (SSSR count). The molecule has 0 bridgehead atoms. The topological polar surface area (TPSA) is 203 Å². The molecular weight excluding hydrogens is 540 g/mol. The molecule has 216 valence electrons. The molecule has 2 saturated heterocycles. The minimum Gasteiger partial charge on any atom is -0.508 e. The fraction of sp³-hybridized carbons (Fsp3) is 0.310. The van der Waals surface area contributed by atoms with Crippen molar-refractivity contribution in [1.29, 1.82) is 0 Å². The molecule has 0 saturated carbocycles. The van der Waals surface area contributed by atoms with Gasteiger partial charge in [-0.2, -0.15) is 0 Å². The first-order valence-electron chi connectivity index (χ1n) is 12.8. The van der Waals surface area contributed by atoms with Crippen molar-refractivity contribution in [3.05, 3.63) is 71.3 Å². The largest absolute Gasteiger partial charge is 0.508 e. The van der Waals surface area contributed by atoms with Crippen molar-refractivity contribution in [3.63, 3.8) is 0 Å². The summed E-state index contributed by atoms with van der Waals surface area (Å²) in [6.07, 6.45) is -3.47. The van der Waals surface area contributed by atoms with Crippen LogP contribution in [0.2, 0.25) is 0 Å². The van der Waals surface area contributed by atoms with E-state index in [9.17, 15) is 45.3 Å². The Kier molecular flexibility index (Phi) is 7.28. The number of hydrogen-bond donors (Lipinski definition) is 7. The van der Waals surface area contributed by atoms with Gasteiger partial charge in [-0.3, -0.25) is 4.79 Å². The minimum atomic E-state index is -1.67. The first-order chi connectivity index (χ1) is 19.5. The molecule has 12 nitrogen and oxygen atoms in total. The third-order valence-electron chi connectivity index (χ3n) is 7.43. The third-order valence-corrected chi connectivity index (χ3v) is 7.43. The number of aromatic hydroxyl groups is 6. The van der Waals surface area contributed by atoms with Gasteiger partial charge in [0, 0.05) is 11.6 Å². The Morgan fingerprint density at radius 2 is 1.54 bits per heavy atom. The first-order valence-corrected chi connectivity index (χ1v) is 12.8. The Labute approximate surface area is 233 Å². The summed E-state index contributed by atoms with van der Waals surface area (Å²) in [5, 5.41) is 69.9. The van der Waals surface area contributed by atoms with Gasteiger partial charge in [-0.1, -0.05) is 12.1 Å². The Morgan fingerprint density at radius 1 is 0.878 bits per heavy atom. The molecule has 0 unspecified atom stereocenters. The van der Waals surface area contributed by atoms with Crippen LogP contribution in [-0.4, -0.2) is 72.6 Å². The standard InChI is InChI=1S/C29H28O12/c30-18-9-16(10-19(31)12-18)27(37)40-25-24(36)13-39-26(25)29(17-2-4-21(33)23(35)11-17)6-5-15(28(38)41-29)7-14-1-3-20(32)22(34)8-14/h1-4,8-12,15,24-26,30-36H,5-7,13H2/t15-,24+,25-,26-,29-/m1/s1. The normalized spacial score (nSPS) is 25.9. The Bertz CT molecular complexity index is 1470. The molecule has 3 aromatic rings. The molecule has 0 aliphatic carbocycles. The van der Waals surface area contributed by atoms with Crippen LogP contribution < -0.4 is 0 Å². The summed E-state index contributed by atoms with van der Waals surface area (Å²) in [6.45, 7) is -0.284. The van der Waals surface area contributed by atoms with E-state index in [1.165, 1.54) is 30.3 Å². The number of aliphatic hydroxyl groups excluding tert-OH is 1. The van der Waals surface area contributed by atoms with Gasteiger partial charge in [-0.15, -0.1) is 0 Å². The van der Waals surface area contributed by atoms with Crippen molar-refractivity contribution in [2.24, 2.45) is 5.92 Å². The Hall–Kier alpha value is -4.68. The third kappa shape index (κ3) is 5.39. The zero-order chi connectivity index (χ0) is 29.5. The van der Waals surface area contributed by atoms with E-state index in [4.69, 9.17) is 14.2 Å². The summed E-state index contributed by atoms with van der Waals surface area (Å²) in [6, 6.07) is 11.2. The highest BCUT2D eigenvalue weighted by atomic mass is 16.6. The van der Waals surface area contributed by atoms with Crippen LogP contribution in [0.5, 0.6) is 34.5 Å². The number of phenolic OH excluding ortho intramolecular Hbond substituents is 6. The molecule has 2 aliphatic rings. The smallest absolute Gasteiger partial charge is 0.338 e. The number of benzene rings is 3. The van der Waals surface area contributed by atoms with Gasteiger partial charge in [0.05, 0.1) is 18.1 Å². The van der Waals surface area contributed by atoms with Gasteiger partial charge in [0.25, 0.3) is 0 Å². The average molecular weight is 569 g/mol. The summed E-state index contributed by atoms with van der Waals surface area (Å²) in [4.78, 5) is 26.4. The molecule has 5 atom stereocenters. The number of carbonyl (C=O) groups excluding carboxylic acids is 2. The monoisotopic (exact) mass is 568 g/mol. The lowest BCUT2D eigenvalue weighted by molar-refractivity contribution is -0.203. The van der Waals surface area contributed by atoms with Crippen molar-refractivity contribution in [2.75, 3.05) is 6.61 Å². The predicted octanol–water partition coefficient (Wildman–Crippen LogP) is 2.30. The molecular formula is C29H28O12. The van der Waals surface area contributed by atoms with Crippen LogP contribution in [0.15, 0.2) is 54.6 Å². The van der Waals surface area contributed by atoms with E-state index in [1.54, 1.807) is 6.07 Å². The van der Waals surface area contributed by atoms with Crippen molar-refractivity contribution < 1.29 is 59.5 Å². The lowest BCUT2D eigenvalue weighted by atomic mass is 9.76. The van der Waals surface area contributed by atoms with E-state index in [0.717, 1.165) is 18.2 Å². The quantitative estimate of drug-likeness (QED) is 0.169. The molecule has 0 radical (unpaired) electrons. The second-order valence-electron chi connectivity index (χ2n) is 10.2. The molecule has 2 fully saturated rings. The molecule has 2 aliphatic heterocycles. The van der Waals surface area contributed by atoms with Crippen LogP contribution >= 0.6 is 0 Å². The lowest BCUT2D eigenvalue weighted by Crippen LogP contribution is -2.54. The van der Waals surface area contributed by atoms with Gasteiger partial charge < -0.3 is 50.0 Å². The maximum Gasteiger partial charge on any atom is 0.338 e. The summed E-state index contributed by atoms with van der Waals surface area (Å²) >= 11 is 0. The van der Waals surface area contributed by atoms with Crippen molar-refractivity contribution in [2.45, 2.75) is 43.2 Å². The highest BCUT2D eigenvalue weighted by Gasteiger charge is 2.57. The van der Waals surface area contributed by atoms with Crippen molar-refractivity contribution >= 4 is 11.9 Å². The van der Waals surface area contributed by atoms with E-state index in [0.29, 0.717) is 5.56 Å². The van der Waals surface area contributed by atoms with Gasteiger partial charge in [-0.05, 0) is 61.2 Å². The van der Waals surface area contributed by atoms with E-state index >= 15 is 0 Å². The van der Waals surface area contributed by atoms with Crippen molar-refractivity contribution in [1.82, 2.24) is 0 Å². The number of rotatable bonds is 6. The number of hydrogen-bond acceptors (Lipinski definition) is 12. The van der Waals surface area contributed by atoms with Gasteiger partial charge in [0.15, 0.2) is 34.7 Å². The molecule has 2 heterocycles. The van der Waals surface area contributed by atoms with Crippen LogP contribution in [0, 0.1) is 5.92 Å². The highest BCUT2D eigenvalue weighted by molar-refractivity contribution is 5.90. The number of esters is 2. The Morgan fingerprint density at radius 3 is 2.17 bits per heavy atom. The van der Waals surface area contributed by atoms with Crippen LogP contribution in [0.4, 0.5) is 0 Å². The van der Waals surface area contributed by atoms with Crippen LogP contribution in [0.25, 0.3) is 0 Å². The predicted molar refractivity (Wildman–Crippen MR) is 138 cm³/mol. The number of ether oxygens (including phenoxy) is 3. The van der Waals surface area contributed by atoms with E-state index in [-0.39, 0.29) is 60.0 Å². The summed E-state index contributed by atoms with van der Waals surface area (Å²) in [5.74, 6) is -4.65. The minimum absolute atomic E-state index is 0.0933. The molecule has 7 N–H and O–H groups in total. The molecule has 0 amide bonds. The number of phenols is 6. The highest BCUT2D eigenvalue weighted by Crippen LogP contribution is 2.48. The Balaban J connectivity index is 1.47. The lowest BCUT2D eigenvalue weighted by Gasteiger charge is -2.44. The number of carbonyl (C=O) groups is 2. The number of cyclic esters (lactones) is 1. The maximum atomic E-state index is 13.4. The fourth-order valence-electron chi connectivity index (χ4n) is 5.38. The molecule has 41 heavy (non-hydrogen) atoms. The van der Waals surface area contributed by atoms with Crippen LogP contribution in [0.1, 0.15) is 34.3 Å². The van der Waals surface area contributed by atoms with E-state index < -0.39 is 53.3 Å². The first kappa shape index (κ1) is 27.9. The SMILES string of the molecule is O=C(O[C@H]1[C@H]([C@]2(c3ccc(O)c(O)c3)CC[C@H](Cc3ccc(O)c(O)c3)C(=O)O2)OC[C@@H]1O)c1cc(O)cc(O)c1. The van der Waals surface area contributed by atoms with Crippen LogP contribution in [-0.2, 0) is 31.0 Å². The van der Waals surface area contributed by atoms with Gasteiger partial charge >= 0.3 is 11.9 Å². The zero-order valence-corrected chi connectivity index (χ0v) is 21.5. The zero-order valence-electron chi connectivity index (χ0n) is 21.5. The summed E-state index contributed by atoms with van der Waals surface area (Å²) in [5.41, 5.74) is -1.07. The van der Waals surface area contributed by atoms with Gasteiger partial charge in [-0.25, -0.2) is 4.79 Å². The van der Waals surface area contributed by atoms with Crippen molar-refractivity contribution in [3.8, 4) is 34.5 Å². The second-order valence-corrected chi connectivity index (χ2v) is 10.2.